The van der Waals surface area contributed by atoms with E-state index >= 15 is 0 Å². The van der Waals surface area contributed by atoms with Crippen molar-refractivity contribution in [3.63, 3.8) is 0 Å². The monoisotopic (exact) mass is 393 g/mol. The van der Waals surface area contributed by atoms with E-state index in [9.17, 15) is 17.6 Å². The molecule has 7 heteroatoms. The van der Waals surface area contributed by atoms with Crippen molar-refractivity contribution in [3.8, 4) is 5.75 Å². The van der Waals surface area contributed by atoms with E-state index in [2.05, 4.69) is 0 Å². The van der Waals surface area contributed by atoms with Crippen molar-refractivity contribution in [1.82, 2.24) is 4.90 Å². The van der Waals surface area contributed by atoms with E-state index in [1.165, 1.54) is 12.1 Å². The predicted molar refractivity (Wildman–Crippen MR) is 102 cm³/mol. The molecular weight excluding hydrogens is 369 g/mol. The molecule has 0 saturated heterocycles. The quantitative estimate of drug-likeness (QED) is 0.641. The van der Waals surface area contributed by atoms with Gasteiger partial charge in [-0.15, -0.1) is 0 Å². The number of rotatable bonds is 8. The summed E-state index contributed by atoms with van der Waals surface area (Å²) in [6, 6.07) is 12.6. The Labute approximate surface area is 159 Å². The second-order valence-electron chi connectivity index (χ2n) is 6.56. The molecule has 0 heterocycles. The van der Waals surface area contributed by atoms with Crippen LogP contribution in [0.15, 0.2) is 48.5 Å². The van der Waals surface area contributed by atoms with Crippen molar-refractivity contribution in [2.24, 2.45) is 5.92 Å². The highest BCUT2D eigenvalue weighted by Gasteiger charge is 2.20. The highest BCUT2D eigenvalue weighted by molar-refractivity contribution is 7.86. The van der Waals surface area contributed by atoms with Crippen molar-refractivity contribution in [2.45, 2.75) is 33.4 Å². The van der Waals surface area contributed by atoms with Crippen LogP contribution >= 0.6 is 0 Å². The number of halogens is 1. The van der Waals surface area contributed by atoms with Crippen LogP contribution in [0, 0.1) is 11.7 Å². The first-order chi connectivity index (χ1) is 12.7. The van der Waals surface area contributed by atoms with Crippen molar-refractivity contribution >= 4 is 16.0 Å². The second kappa shape index (κ2) is 8.99. The highest BCUT2D eigenvalue weighted by atomic mass is 32.2. The van der Waals surface area contributed by atoms with Gasteiger partial charge in [0.25, 0.3) is 0 Å². The molecule has 1 amide bonds. The van der Waals surface area contributed by atoms with Gasteiger partial charge in [-0.05, 0) is 41.8 Å². The lowest BCUT2D eigenvalue weighted by Gasteiger charge is -2.26. The summed E-state index contributed by atoms with van der Waals surface area (Å²) in [5.74, 6) is -0.212. The van der Waals surface area contributed by atoms with E-state index in [-0.39, 0.29) is 23.4 Å². The van der Waals surface area contributed by atoms with Gasteiger partial charge in [0, 0.05) is 19.0 Å². The number of benzene rings is 2. The fraction of sp³-hybridized carbons (Fsp3) is 0.350. The Morgan fingerprint density at radius 2 is 1.52 bits per heavy atom. The smallest absolute Gasteiger partial charge is 0.306 e. The second-order valence-corrected chi connectivity index (χ2v) is 8.14. The molecule has 0 radical (unpaired) electrons. The van der Waals surface area contributed by atoms with Gasteiger partial charge in [0.1, 0.15) is 11.6 Å². The summed E-state index contributed by atoms with van der Waals surface area (Å²) < 4.78 is 40.3. The minimum absolute atomic E-state index is 0.0123. The van der Waals surface area contributed by atoms with Crippen molar-refractivity contribution in [3.05, 3.63) is 65.5 Å². The summed E-state index contributed by atoms with van der Waals surface area (Å²) in [7, 11) is -3.58. The maximum absolute atomic E-state index is 13.1. The van der Waals surface area contributed by atoms with Crippen LogP contribution in [0.1, 0.15) is 31.4 Å². The molecule has 0 aliphatic rings. The maximum atomic E-state index is 13.1. The van der Waals surface area contributed by atoms with Gasteiger partial charge in [-0.3, -0.25) is 4.79 Å². The molecule has 0 aliphatic heterocycles. The Bertz CT molecular complexity index is 864. The topological polar surface area (TPSA) is 63.7 Å². The third kappa shape index (κ3) is 6.67. The largest absolute Gasteiger partial charge is 0.383 e. The van der Waals surface area contributed by atoms with Gasteiger partial charge in [-0.2, -0.15) is 8.42 Å². The normalized spacial score (nSPS) is 12.4. The minimum Gasteiger partial charge on any atom is -0.383 e. The number of carbonyl (C=O) groups is 1. The van der Waals surface area contributed by atoms with Gasteiger partial charge in [0.15, 0.2) is 0 Å². The third-order valence-corrected chi connectivity index (χ3v) is 4.67. The van der Waals surface area contributed by atoms with Gasteiger partial charge in [0.2, 0.25) is 5.91 Å². The fourth-order valence-electron chi connectivity index (χ4n) is 2.55. The van der Waals surface area contributed by atoms with Crippen LogP contribution < -0.4 is 4.18 Å². The van der Waals surface area contributed by atoms with E-state index in [1.54, 1.807) is 41.3 Å². The van der Waals surface area contributed by atoms with Crippen LogP contribution in [0.25, 0.3) is 0 Å². The molecule has 1 atom stereocenters. The van der Waals surface area contributed by atoms with E-state index in [1.807, 2.05) is 13.8 Å². The minimum atomic E-state index is -3.58. The molecule has 2 aromatic carbocycles. The summed E-state index contributed by atoms with van der Waals surface area (Å²) in [6.07, 6.45) is 1.70. The van der Waals surface area contributed by atoms with Crippen LogP contribution in [-0.4, -0.2) is 25.5 Å². The zero-order chi connectivity index (χ0) is 20.0. The van der Waals surface area contributed by atoms with Crippen molar-refractivity contribution in [1.29, 1.82) is 0 Å². The predicted octanol–water partition coefficient (Wildman–Crippen LogP) is 3.74. The van der Waals surface area contributed by atoms with Crippen molar-refractivity contribution < 1.29 is 21.8 Å². The molecule has 0 unspecified atom stereocenters. The zero-order valence-corrected chi connectivity index (χ0v) is 16.5. The number of amides is 1. The standard InChI is InChI=1S/C20H24FNO4S/c1-4-15(2)20(23)22(13-16-5-9-18(21)10-6-16)14-17-7-11-19(12-8-17)26-27(3,24)25/h5-12,15H,4,13-14H2,1-3H3/t15-/m0/s1. The fourth-order valence-corrected chi connectivity index (χ4v) is 3.01. The molecule has 0 fully saturated rings. The molecule has 0 aliphatic carbocycles. The van der Waals surface area contributed by atoms with Gasteiger partial charge in [-0.25, -0.2) is 4.39 Å². The Morgan fingerprint density at radius 1 is 1.04 bits per heavy atom. The van der Waals surface area contributed by atoms with Crippen LogP contribution in [0.5, 0.6) is 5.75 Å². The van der Waals surface area contributed by atoms with Gasteiger partial charge >= 0.3 is 10.1 Å². The zero-order valence-electron chi connectivity index (χ0n) is 15.7. The SMILES string of the molecule is CC[C@H](C)C(=O)N(Cc1ccc(F)cc1)Cc1ccc(OS(C)(=O)=O)cc1. The average Bonchev–Trinajstić information content (AvgIpc) is 2.62. The first-order valence-corrected chi connectivity index (χ1v) is 10.5. The highest BCUT2D eigenvalue weighted by Crippen LogP contribution is 2.19. The van der Waals surface area contributed by atoms with Gasteiger partial charge in [-0.1, -0.05) is 38.1 Å². The summed E-state index contributed by atoms with van der Waals surface area (Å²) in [4.78, 5) is 14.5. The third-order valence-electron chi connectivity index (χ3n) is 4.18. The van der Waals surface area contributed by atoms with Crippen LogP contribution in [0.4, 0.5) is 4.39 Å². The molecule has 2 rings (SSSR count). The molecule has 0 aromatic heterocycles. The van der Waals surface area contributed by atoms with Gasteiger partial charge < -0.3 is 9.08 Å². The van der Waals surface area contributed by atoms with Gasteiger partial charge in [0.05, 0.1) is 6.26 Å². The number of hydrogen-bond acceptors (Lipinski definition) is 4. The van der Waals surface area contributed by atoms with E-state index < -0.39 is 10.1 Å². The summed E-state index contributed by atoms with van der Waals surface area (Å²) >= 11 is 0. The summed E-state index contributed by atoms with van der Waals surface area (Å²) in [5.41, 5.74) is 1.68. The number of hydrogen-bond donors (Lipinski definition) is 0. The number of nitrogens with zero attached hydrogens (tertiary/aromatic N) is 1. The van der Waals surface area contributed by atoms with Crippen molar-refractivity contribution in [2.75, 3.05) is 6.26 Å². The molecular formula is C20H24FNO4S. The Balaban J connectivity index is 2.17. The Kier molecular flexibility index (Phi) is 6.96. The average molecular weight is 393 g/mol. The molecule has 146 valence electrons. The summed E-state index contributed by atoms with van der Waals surface area (Å²) in [5, 5.41) is 0. The first-order valence-electron chi connectivity index (χ1n) is 8.69. The molecule has 0 spiro atoms. The lowest BCUT2D eigenvalue weighted by molar-refractivity contribution is -0.136. The lowest BCUT2D eigenvalue weighted by Crippen LogP contribution is -2.34. The van der Waals surface area contributed by atoms with Crippen LogP contribution in [0.2, 0.25) is 0 Å². The Morgan fingerprint density at radius 3 is 1.96 bits per heavy atom. The van der Waals surface area contributed by atoms with Crippen LogP contribution in [0.3, 0.4) is 0 Å². The molecule has 27 heavy (non-hydrogen) atoms. The molecule has 0 N–H and O–H groups in total. The molecule has 5 nitrogen and oxygen atoms in total. The Hall–Kier alpha value is -2.41. The summed E-state index contributed by atoms with van der Waals surface area (Å²) in [6.45, 7) is 4.56. The first kappa shape index (κ1) is 20.9. The lowest BCUT2D eigenvalue weighted by atomic mass is 10.1. The van der Waals surface area contributed by atoms with E-state index in [4.69, 9.17) is 4.18 Å². The molecule has 2 aromatic rings. The van der Waals surface area contributed by atoms with Crippen LogP contribution in [-0.2, 0) is 28.0 Å². The maximum Gasteiger partial charge on any atom is 0.306 e. The number of carbonyl (C=O) groups excluding carboxylic acids is 1. The van der Waals surface area contributed by atoms with E-state index in [0.29, 0.717) is 13.1 Å². The molecule has 0 saturated carbocycles. The molecule has 0 bridgehead atoms. The van der Waals surface area contributed by atoms with E-state index in [0.717, 1.165) is 23.8 Å².